The summed E-state index contributed by atoms with van der Waals surface area (Å²) in [6.07, 6.45) is 1.84. The van der Waals surface area contributed by atoms with E-state index in [1.807, 2.05) is 6.07 Å². The molecule has 1 aliphatic carbocycles. The molecule has 1 saturated carbocycles. The van der Waals surface area contributed by atoms with Crippen molar-refractivity contribution in [2.24, 2.45) is 0 Å². The maximum atomic E-state index is 14.2. The van der Waals surface area contributed by atoms with E-state index in [1.54, 1.807) is 31.3 Å². The normalized spacial score (nSPS) is 13.0. The Bertz CT molecular complexity index is 883. The number of nitriles is 1. The highest BCUT2D eigenvalue weighted by Gasteiger charge is 2.25. The second-order valence-corrected chi connectivity index (χ2v) is 6.41. The summed E-state index contributed by atoms with van der Waals surface area (Å²) in [6.45, 7) is 0.329. The minimum atomic E-state index is -0.708. The molecule has 0 saturated heterocycles. The molecule has 1 N–H and O–H groups in total. The lowest BCUT2D eigenvalue weighted by Crippen LogP contribution is -2.28. The van der Waals surface area contributed by atoms with Gasteiger partial charge in [-0.2, -0.15) is 5.26 Å². The molecule has 5 nitrogen and oxygen atoms in total. The minimum absolute atomic E-state index is 0.0526. The monoisotopic (exact) mass is 351 g/mol. The number of hydrogen-bond donors (Lipinski definition) is 1. The van der Waals surface area contributed by atoms with Gasteiger partial charge in [-0.15, -0.1) is 0 Å². The van der Waals surface area contributed by atoms with Gasteiger partial charge >= 0.3 is 0 Å². The Morgan fingerprint density at radius 1 is 1.23 bits per heavy atom. The zero-order valence-electron chi connectivity index (χ0n) is 14.3. The van der Waals surface area contributed by atoms with Crippen LogP contribution in [0, 0.1) is 17.1 Å². The van der Waals surface area contributed by atoms with E-state index in [-0.39, 0.29) is 23.1 Å². The van der Waals surface area contributed by atoms with Gasteiger partial charge in [0.15, 0.2) is 0 Å². The molecule has 0 atom stereocenters. The molecular formula is C20H18FN3O2. The molecule has 0 unspecified atom stereocenters. The summed E-state index contributed by atoms with van der Waals surface area (Å²) in [5.74, 6) is -1.50. The van der Waals surface area contributed by atoms with Gasteiger partial charge in [0, 0.05) is 25.2 Å². The van der Waals surface area contributed by atoms with Crippen molar-refractivity contribution in [1.29, 1.82) is 5.26 Å². The molecule has 2 amide bonds. The fourth-order valence-electron chi connectivity index (χ4n) is 2.57. The fourth-order valence-corrected chi connectivity index (χ4v) is 2.57. The molecule has 0 spiro atoms. The average molecular weight is 351 g/mol. The lowest BCUT2D eigenvalue weighted by atomic mass is 10.1. The molecule has 0 aliphatic heterocycles. The van der Waals surface area contributed by atoms with E-state index < -0.39 is 11.7 Å². The Labute approximate surface area is 151 Å². The number of nitrogens with one attached hydrogen (secondary N) is 1. The van der Waals surface area contributed by atoms with Crippen LogP contribution in [0.5, 0.6) is 0 Å². The lowest BCUT2D eigenvalue weighted by Gasteiger charge is -2.18. The molecular weight excluding hydrogens is 333 g/mol. The quantitative estimate of drug-likeness (QED) is 0.900. The molecule has 3 rings (SSSR count). The van der Waals surface area contributed by atoms with Crippen LogP contribution in [0.4, 0.5) is 4.39 Å². The van der Waals surface area contributed by atoms with E-state index in [9.17, 15) is 14.0 Å². The maximum Gasteiger partial charge on any atom is 0.254 e. The second kappa shape index (κ2) is 7.36. The van der Waals surface area contributed by atoms with Gasteiger partial charge in [-0.25, -0.2) is 4.39 Å². The van der Waals surface area contributed by atoms with Crippen LogP contribution >= 0.6 is 0 Å². The van der Waals surface area contributed by atoms with Crippen LogP contribution in [0.3, 0.4) is 0 Å². The third-order valence-corrected chi connectivity index (χ3v) is 4.22. The van der Waals surface area contributed by atoms with E-state index in [2.05, 4.69) is 5.32 Å². The first-order valence-corrected chi connectivity index (χ1v) is 8.33. The van der Waals surface area contributed by atoms with Crippen molar-refractivity contribution in [3.05, 3.63) is 70.5 Å². The number of amides is 2. The second-order valence-electron chi connectivity index (χ2n) is 6.41. The Morgan fingerprint density at radius 2 is 1.92 bits per heavy atom. The Morgan fingerprint density at radius 3 is 2.50 bits per heavy atom. The van der Waals surface area contributed by atoms with Gasteiger partial charge < -0.3 is 10.2 Å². The minimum Gasteiger partial charge on any atom is -0.349 e. The van der Waals surface area contributed by atoms with Crippen LogP contribution in [0.2, 0.25) is 0 Å². The summed E-state index contributed by atoms with van der Waals surface area (Å²) in [6, 6.07) is 13.0. The number of rotatable bonds is 5. The van der Waals surface area contributed by atoms with Gasteiger partial charge in [-0.3, -0.25) is 9.59 Å². The molecule has 1 aliphatic rings. The molecule has 6 heteroatoms. The Hall–Kier alpha value is -3.20. The summed E-state index contributed by atoms with van der Waals surface area (Å²) in [5.41, 5.74) is 1.54. The maximum absolute atomic E-state index is 14.2. The van der Waals surface area contributed by atoms with Crippen LogP contribution in [-0.4, -0.2) is 29.8 Å². The number of nitrogens with zero attached hydrogens (tertiary/aromatic N) is 2. The molecule has 0 radical (unpaired) electrons. The summed E-state index contributed by atoms with van der Waals surface area (Å²) in [5, 5.41) is 11.5. The third-order valence-electron chi connectivity index (χ3n) is 4.22. The molecule has 2 aromatic carbocycles. The molecule has 0 bridgehead atoms. The highest BCUT2D eigenvalue weighted by Crippen LogP contribution is 2.20. The highest BCUT2D eigenvalue weighted by molar-refractivity contribution is 5.98. The van der Waals surface area contributed by atoms with Crippen molar-refractivity contribution < 1.29 is 14.0 Å². The Balaban J connectivity index is 1.68. The van der Waals surface area contributed by atoms with Crippen molar-refractivity contribution in [2.75, 3.05) is 7.05 Å². The zero-order chi connectivity index (χ0) is 18.7. The molecule has 0 aromatic heterocycles. The van der Waals surface area contributed by atoms with Crippen molar-refractivity contribution in [2.45, 2.75) is 25.4 Å². The van der Waals surface area contributed by atoms with Gasteiger partial charge in [0.2, 0.25) is 0 Å². The number of benzene rings is 2. The van der Waals surface area contributed by atoms with Gasteiger partial charge in [0.05, 0.1) is 17.2 Å². The van der Waals surface area contributed by atoms with E-state index in [0.717, 1.165) is 24.5 Å². The standard InChI is InChI=1S/C20H18FN3O2/c1-24(12-14-4-2-13(11-22)3-5-14)20(26)15-6-9-17(18(21)10-15)19(25)23-16-7-8-16/h2-6,9-10,16H,7-8,12H2,1H3,(H,23,25). The SMILES string of the molecule is CN(Cc1ccc(C#N)cc1)C(=O)c1ccc(C(=O)NC2CC2)c(F)c1. The summed E-state index contributed by atoms with van der Waals surface area (Å²) < 4.78 is 14.2. The molecule has 1 fully saturated rings. The average Bonchev–Trinajstić information content (AvgIpc) is 3.45. The predicted octanol–water partition coefficient (Wildman–Crippen LogP) is 2.86. The van der Waals surface area contributed by atoms with Gasteiger partial charge in [0.25, 0.3) is 11.8 Å². The van der Waals surface area contributed by atoms with E-state index in [4.69, 9.17) is 5.26 Å². The fraction of sp³-hybridized carbons (Fsp3) is 0.250. The largest absolute Gasteiger partial charge is 0.349 e. The smallest absolute Gasteiger partial charge is 0.254 e. The van der Waals surface area contributed by atoms with Crippen molar-refractivity contribution in [1.82, 2.24) is 10.2 Å². The van der Waals surface area contributed by atoms with E-state index in [1.165, 1.54) is 17.0 Å². The van der Waals surface area contributed by atoms with Gasteiger partial charge in [0.1, 0.15) is 5.82 Å². The van der Waals surface area contributed by atoms with Crippen molar-refractivity contribution in [3.8, 4) is 6.07 Å². The Kier molecular flexibility index (Phi) is 4.99. The predicted molar refractivity (Wildman–Crippen MR) is 93.8 cm³/mol. The van der Waals surface area contributed by atoms with Crippen LogP contribution in [0.15, 0.2) is 42.5 Å². The zero-order valence-corrected chi connectivity index (χ0v) is 14.3. The number of carbonyl (C=O) groups excluding carboxylic acids is 2. The van der Waals surface area contributed by atoms with Crippen molar-refractivity contribution >= 4 is 11.8 Å². The van der Waals surface area contributed by atoms with Gasteiger partial charge in [-0.05, 0) is 48.7 Å². The van der Waals surface area contributed by atoms with Crippen LogP contribution < -0.4 is 5.32 Å². The van der Waals surface area contributed by atoms with Crippen molar-refractivity contribution in [3.63, 3.8) is 0 Å². The van der Waals surface area contributed by atoms with Crippen LogP contribution in [0.25, 0.3) is 0 Å². The molecule has 0 heterocycles. The number of halogens is 1. The summed E-state index contributed by atoms with van der Waals surface area (Å²) in [4.78, 5) is 25.9. The third kappa shape index (κ3) is 4.06. The van der Waals surface area contributed by atoms with Crippen LogP contribution in [-0.2, 0) is 6.54 Å². The molecule has 132 valence electrons. The highest BCUT2D eigenvalue weighted by atomic mass is 19.1. The first kappa shape index (κ1) is 17.6. The first-order chi connectivity index (χ1) is 12.5. The molecule has 26 heavy (non-hydrogen) atoms. The molecule has 2 aromatic rings. The summed E-state index contributed by atoms with van der Waals surface area (Å²) in [7, 11) is 1.62. The van der Waals surface area contributed by atoms with E-state index in [0.29, 0.717) is 12.1 Å². The topological polar surface area (TPSA) is 73.2 Å². The van der Waals surface area contributed by atoms with Gasteiger partial charge in [-0.1, -0.05) is 12.1 Å². The number of carbonyl (C=O) groups is 2. The van der Waals surface area contributed by atoms with E-state index >= 15 is 0 Å². The summed E-state index contributed by atoms with van der Waals surface area (Å²) >= 11 is 0. The number of hydrogen-bond acceptors (Lipinski definition) is 3. The first-order valence-electron chi connectivity index (χ1n) is 8.33. The van der Waals surface area contributed by atoms with Crippen LogP contribution in [0.1, 0.15) is 44.7 Å². The lowest BCUT2D eigenvalue weighted by molar-refractivity contribution is 0.0783.